The van der Waals surface area contributed by atoms with Crippen LogP contribution >= 0.6 is 27.5 Å². The average molecular weight is 362 g/mol. The van der Waals surface area contributed by atoms with Crippen LogP contribution in [0.2, 0.25) is 5.02 Å². The largest absolute Gasteiger partial charge is 0.271 e. The van der Waals surface area contributed by atoms with Gasteiger partial charge in [0.05, 0.1) is 11.1 Å². The second-order valence-electron chi connectivity index (χ2n) is 4.34. The molecule has 0 saturated heterocycles. The first-order valence-corrected chi connectivity index (χ1v) is 7.03. The van der Waals surface area contributed by atoms with Crippen molar-refractivity contribution in [3.63, 3.8) is 0 Å². The van der Waals surface area contributed by atoms with Gasteiger partial charge in [0.15, 0.2) is 0 Å². The zero-order chi connectivity index (χ0) is 14.7. The summed E-state index contributed by atoms with van der Waals surface area (Å²) in [4.78, 5) is 0. The lowest BCUT2D eigenvalue weighted by molar-refractivity contribution is 0.542. The van der Waals surface area contributed by atoms with Gasteiger partial charge in [-0.2, -0.15) is 0 Å². The van der Waals surface area contributed by atoms with E-state index < -0.39 is 11.9 Å². The summed E-state index contributed by atoms with van der Waals surface area (Å²) in [6.45, 7) is 0. The number of halogens is 4. The number of hydrazine groups is 1. The summed E-state index contributed by atoms with van der Waals surface area (Å²) in [5.41, 5.74) is 3.84. The van der Waals surface area contributed by atoms with Crippen molar-refractivity contribution in [2.75, 3.05) is 0 Å². The highest BCUT2D eigenvalue weighted by atomic mass is 79.9. The van der Waals surface area contributed by atoms with E-state index in [4.69, 9.17) is 17.4 Å². The van der Waals surface area contributed by atoms with Gasteiger partial charge >= 0.3 is 0 Å². The molecule has 106 valence electrons. The quantitative estimate of drug-likeness (QED) is 0.635. The summed E-state index contributed by atoms with van der Waals surface area (Å²) in [5, 5.41) is 0.0194. The molecular weight excluding hydrogens is 350 g/mol. The number of rotatable bonds is 4. The molecule has 2 aromatic carbocycles. The van der Waals surface area contributed by atoms with Gasteiger partial charge in [-0.25, -0.2) is 8.78 Å². The van der Waals surface area contributed by atoms with Gasteiger partial charge in [0.25, 0.3) is 0 Å². The number of nitrogens with one attached hydrogen (secondary N) is 1. The molecule has 0 radical (unpaired) electrons. The van der Waals surface area contributed by atoms with E-state index >= 15 is 0 Å². The summed E-state index contributed by atoms with van der Waals surface area (Å²) < 4.78 is 27.5. The maximum absolute atomic E-state index is 13.5. The molecule has 2 rings (SSSR count). The molecule has 2 aromatic rings. The van der Waals surface area contributed by atoms with Crippen LogP contribution in [-0.2, 0) is 6.42 Å². The number of hydrogen-bond acceptors (Lipinski definition) is 2. The Balaban J connectivity index is 2.31. The van der Waals surface area contributed by atoms with Crippen molar-refractivity contribution in [3.8, 4) is 0 Å². The van der Waals surface area contributed by atoms with Crippen molar-refractivity contribution in [3.05, 3.63) is 68.7 Å². The predicted octanol–water partition coefficient (Wildman–Crippen LogP) is 4.13. The molecule has 0 fully saturated rings. The van der Waals surface area contributed by atoms with Crippen molar-refractivity contribution in [2.24, 2.45) is 5.84 Å². The molecule has 20 heavy (non-hydrogen) atoms. The molecule has 2 nitrogen and oxygen atoms in total. The number of hydrogen-bond donors (Lipinski definition) is 2. The summed E-state index contributed by atoms with van der Waals surface area (Å²) in [6, 6.07) is 8.66. The molecule has 0 amide bonds. The molecule has 1 atom stereocenters. The van der Waals surface area contributed by atoms with Gasteiger partial charge in [0, 0.05) is 4.47 Å². The van der Waals surface area contributed by atoms with Gasteiger partial charge in [-0.15, -0.1) is 0 Å². The average Bonchev–Trinajstić information content (AvgIpc) is 2.38. The van der Waals surface area contributed by atoms with E-state index in [-0.39, 0.29) is 10.8 Å². The van der Waals surface area contributed by atoms with Gasteiger partial charge in [-0.1, -0.05) is 39.7 Å². The lowest BCUT2D eigenvalue weighted by Gasteiger charge is -2.18. The molecule has 0 aromatic heterocycles. The third-order valence-corrected chi connectivity index (χ3v) is 3.78. The first-order chi connectivity index (χ1) is 9.51. The Morgan fingerprint density at radius 3 is 2.65 bits per heavy atom. The third-order valence-electron chi connectivity index (χ3n) is 2.92. The van der Waals surface area contributed by atoms with Gasteiger partial charge in [-0.05, 0) is 41.8 Å². The molecular formula is C14H12BrClF2N2. The highest BCUT2D eigenvalue weighted by Crippen LogP contribution is 2.28. The fourth-order valence-electron chi connectivity index (χ4n) is 2.01. The second-order valence-corrected chi connectivity index (χ2v) is 5.64. The van der Waals surface area contributed by atoms with E-state index in [2.05, 4.69) is 21.4 Å². The van der Waals surface area contributed by atoms with Crippen LogP contribution in [0.4, 0.5) is 8.78 Å². The highest BCUT2D eigenvalue weighted by Gasteiger charge is 2.16. The SMILES string of the molecule is NNC(Cc1cc(F)cc(Br)c1)c1cccc(F)c1Cl. The Kier molecular flexibility index (Phi) is 5.10. The number of nitrogens with two attached hydrogens (primary N) is 1. The lowest BCUT2D eigenvalue weighted by Crippen LogP contribution is -2.30. The van der Waals surface area contributed by atoms with Gasteiger partial charge in [0.1, 0.15) is 11.6 Å². The Morgan fingerprint density at radius 1 is 1.25 bits per heavy atom. The maximum Gasteiger partial charge on any atom is 0.142 e. The van der Waals surface area contributed by atoms with Gasteiger partial charge < -0.3 is 0 Å². The topological polar surface area (TPSA) is 38.0 Å². The van der Waals surface area contributed by atoms with Crippen LogP contribution in [0.3, 0.4) is 0 Å². The van der Waals surface area contributed by atoms with Crippen LogP contribution < -0.4 is 11.3 Å². The van der Waals surface area contributed by atoms with Crippen molar-refractivity contribution in [1.29, 1.82) is 0 Å². The van der Waals surface area contributed by atoms with Crippen LogP contribution in [0.1, 0.15) is 17.2 Å². The third kappa shape index (κ3) is 3.55. The minimum atomic E-state index is -0.509. The Morgan fingerprint density at radius 2 is 2.00 bits per heavy atom. The Labute approximate surface area is 129 Å². The van der Waals surface area contributed by atoms with Crippen molar-refractivity contribution in [2.45, 2.75) is 12.5 Å². The standard InChI is InChI=1S/C14H12BrClF2N2/c15-9-4-8(5-10(17)7-9)6-13(20-19)11-2-1-3-12(18)14(11)16/h1-5,7,13,20H,6,19H2. The van der Waals surface area contributed by atoms with Crippen LogP contribution in [0.5, 0.6) is 0 Å². The van der Waals surface area contributed by atoms with E-state index in [0.717, 1.165) is 5.56 Å². The minimum Gasteiger partial charge on any atom is -0.271 e. The Bertz CT molecular complexity index is 602. The lowest BCUT2D eigenvalue weighted by atomic mass is 9.99. The first kappa shape index (κ1) is 15.4. The van der Waals surface area contributed by atoms with E-state index in [9.17, 15) is 8.78 Å². The second kappa shape index (κ2) is 6.63. The molecule has 0 aliphatic rings. The maximum atomic E-state index is 13.5. The Hall–Kier alpha value is -1.01. The fraction of sp³-hybridized carbons (Fsp3) is 0.143. The van der Waals surface area contributed by atoms with Crippen molar-refractivity contribution >= 4 is 27.5 Å². The summed E-state index contributed by atoms with van der Waals surface area (Å²) in [6.07, 6.45) is 0.385. The molecule has 0 aliphatic heterocycles. The van der Waals surface area contributed by atoms with E-state index in [1.54, 1.807) is 18.2 Å². The predicted molar refractivity (Wildman–Crippen MR) is 79.3 cm³/mol. The summed E-state index contributed by atoms with van der Waals surface area (Å²) in [5.74, 6) is 4.65. The highest BCUT2D eigenvalue weighted by molar-refractivity contribution is 9.10. The first-order valence-electron chi connectivity index (χ1n) is 5.86. The van der Waals surface area contributed by atoms with Crippen LogP contribution in [0.15, 0.2) is 40.9 Å². The molecule has 3 N–H and O–H groups in total. The number of benzene rings is 2. The molecule has 0 aliphatic carbocycles. The van der Waals surface area contributed by atoms with Gasteiger partial charge in [-0.3, -0.25) is 11.3 Å². The van der Waals surface area contributed by atoms with E-state index in [0.29, 0.717) is 16.5 Å². The summed E-state index contributed by atoms with van der Waals surface area (Å²) in [7, 11) is 0. The molecule has 0 spiro atoms. The zero-order valence-electron chi connectivity index (χ0n) is 10.3. The molecule has 1 unspecified atom stereocenters. The van der Waals surface area contributed by atoms with Gasteiger partial charge in [0.2, 0.25) is 0 Å². The van der Waals surface area contributed by atoms with E-state index in [1.807, 2.05) is 0 Å². The van der Waals surface area contributed by atoms with Crippen LogP contribution in [0, 0.1) is 11.6 Å². The zero-order valence-corrected chi connectivity index (χ0v) is 12.7. The van der Waals surface area contributed by atoms with Crippen LogP contribution in [-0.4, -0.2) is 0 Å². The summed E-state index contributed by atoms with van der Waals surface area (Å²) >= 11 is 9.17. The molecule has 0 heterocycles. The van der Waals surface area contributed by atoms with Crippen LogP contribution in [0.25, 0.3) is 0 Å². The smallest absolute Gasteiger partial charge is 0.142 e. The van der Waals surface area contributed by atoms with Crippen molar-refractivity contribution in [1.82, 2.24) is 5.43 Å². The minimum absolute atomic E-state index is 0.0194. The van der Waals surface area contributed by atoms with Crippen molar-refractivity contribution < 1.29 is 8.78 Å². The normalized spacial score (nSPS) is 12.4. The molecule has 0 saturated carbocycles. The van der Waals surface area contributed by atoms with E-state index in [1.165, 1.54) is 18.2 Å². The molecule has 0 bridgehead atoms. The monoisotopic (exact) mass is 360 g/mol. The fourth-order valence-corrected chi connectivity index (χ4v) is 2.78. The molecule has 6 heteroatoms.